The average molecular weight is 411 g/mol. The maximum atomic E-state index is 14.2. The van der Waals surface area contributed by atoms with Crippen LogP contribution >= 0.6 is 23.2 Å². The van der Waals surface area contributed by atoms with E-state index in [1.807, 2.05) is 0 Å². The summed E-state index contributed by atoms with van der Waals surface area (Å²) in [5.41, 5.74) is -3.70. The van der Waals surface area contributed by atoms with Gasteiger partial charge in [-0.05, 0) is 30.7 Å². The molecule has 0 saturated heterocycles. The van der Waals surface area contributed by atoms with E-state index in [-0.39, 0.29) is 10.6 Å². The molecule has 0 atom stereocenters. The van der Waals surface area contributed by atoms with Gasteiger partial charge in [0.15, 0.2) is 5.82 Å². The van der Waals surface area contributed by atoms with Crippen molar-refractivity contribution in [3.8, 4) is 5.69 Å². The van der Waals surface area contributed by atoms with Crippen LogP contribution < -0.4 is 5.56 Å². The van der Waals surface area contributed by atoms with Crippen molar-refractivity contribution in [1.29, 1.82) is 0 Å². The molecule has 0 unspecified atom stereocenters. The van der Waals surface area contributed by atoms with Crippen LogP contribution in [0.2, 0.25) is 5.02 Å². The van der Waals surface area contributed by atoms with E-state index in [9.17, 15) is 27.2 Å². The molecule has 2 rings (SSSR count). The van der Waals surface area contributed by atoms with Gasteiger partial charge in [0.1, 0.15) is 10.7 Å². The molecule has 1 heterocycles. The quantitative estimate of drug-likeness (QED) is 0.612. The number of carbonyl (C=O) groups is 1. The number of aliphatic carboxylic acids is 1. The standard InChI is InChI=1S/C15H8Cl2F4N2O3/c1-6-8(15(19,20)21)5-22-23(13(6)24)12-3-7(2-10(17)14(25)26)9(16)4-11(12)18/h2-5H,1H3,(H,25,26). The molecular weight excluding hydrogens is 403 g/mol. The number of hydrogen-bond acceptors (Lipinski definition) is 3. The first-order chi connectivity index (χ1) is 11.9. The van der Waals surface area contributed by atoms with Crippen LogP contribution in [0.5, 0.6) is 0 Å². The molecule has 0 fully saturated rings. The van der Waals surface area contributed by atoms with E-state index in [4.69, 9.17) is 28.3 Å². The van der Waals surface area contributed by atoms with Crippen molar-refractivity contribution in [1.82, 2.24) is 9.78 Å². The highest BCUT2D eigenvalue weighted by Gasteiger charge is 2.34. The van der Waals surface area contributed by atoms with E-state index in [2.05, 4.69) is 5.10 Å². The Balaban J connectivity index is 2.70. The molecule has 0 saturated carbocycles. The van der Waals surface area contributed by atoms with E-state index in [0.717, 1.165) is 25.1 Å². The molecule has 0 aliphatic rings. The molecule has 1 aromatic heterocycles. The minimum Gasteiger partial charge on any atom is -0.477 e. The van der Waals surface area contributed by atoms with Crippen LogP contribution in [0.4, 0.5) is 17.6 Å². The molecular formula is C15H8Cl2F4N2O3. The van der Waals surface area contributed by atoms with E-state index < -0.39 is 45.4 Å². The van der Waals surface area contributed by atoms with Crippen molar-refractivity contribution in [3.05, 3.63) is 61.2 Å². The third kappa shape index (κ3) is 3.88. The summed E-state index contributed by atoms with van der Waals surface area (Å²) in [5.74, 6) is -2.53. The SMILES string of the molecule is Cc1c(C(F)(F)F)cnn(-c2cc(C=C(Cl)C(=O)O)c(Cl)cc2F)c1=O. The molecule has 5 nitrogen and oxygen atoms in total. The Morgan fingerprint density at radius 1 is 1.35 bits per heavy atom. The fraction of sp³-hybridized carbons (Fsp3) is 0.133. The molecule has 0 aliphatic carbocycles. The molecule has 1 N–H and O–H groups in total. The minimum absolute atomic E-state index is 0.0679. The van der Waals surface area contributed by atoms with Crippen LogP contribution in [-0.4, -0.2) is 20.9 Å². The summed E-state index contributed by atoms with van der Waals surface area (Å²) >= 11 is 11.3. The van der Waals surface area contributed by atoms with Crippen LogP contribution in [0.3, 0.4) is 0 Å². The first kappa shape index (κ1) is 19.9. The van der Waals surface area contributed by atoms with Crippen molar-refractivity contribution in [3.63, 3.8) is 0 Å². The number of carboxylic acid groups (broad SMARTS) is 1. The van der Waals surface area contributed by atoms with Crippen molar-refractivity contribution in [2.75, 3.05) is 0 Å². The van der Waals surface area contributed by atoms with Crippen molar-refractivity contribution >= 4 is 35.2 Å². The molecule has 1 aromatic carbocycles. The number of carboxylic acids is 1. The molecule has 0 bridgehead atoms. The zero-order chi connectivity index (χ0) is 19.8. The predicted molar refractivity (Wildman–Crippen MR) is 86.0 cm³/mol. The smallest absolute Gasteiger partial charge is 0.418 e. The summed E-state index contributed by atoms with van der Waals surface area (Å²) in [6.45, 7) is 0.930. The molecule has 138 valence electrons. The third-order valence-corrected chi connectivity index (χ3v) is 3.90. The first-order valence-electron chi connectivity index (χ1n) is 6.69. The normalized spacial score (nSPS) is 12.3. The second kappa shape index (κ2) is 7.08. The molecule has 0 spiro atoms. The van der Waals surface area contributed by atoms with Gasteiger partial charge >= 0.3 is 12.1 Å². The number of aromatic nitrogens is 2. The van der Waals surface area contributed by atoms with E-state index in [1.165, 1.54) is 0 Å². The Bertz CT molecular complexity index is 984. The van der Waals surface area contributed by atoms with Gasteiger partial charge in [-0.1, -0.05) is 23.2 Å². The Hall–Kier alpha value is -2.39. The summed E-state index contributed by atoms with van der Waals surface area (Å²) in [7, 11) is 0. The summed E-state index contributed by atoms with van der Waals surface area (Å²) in [4.78, 5) is 23.0. The van der Waals surface area contributed by atoms with Gasteiger partial charge in [-0.3, -0.25) is 4.79 Å². The average Bonchev–Trinajstić information content (AvgIpc) is 2.51. The van der Waals surface area contributed by atoms with E-state index >= 15 is 0 Å². The van der Waals surface area contributed by atoms with Gasteiger partial charge < -0.3 is 5.11 Å². The fourth-order valence-electron chi connectivity index (χ4n) is 2.02. The Morgan fingerprint density at radius 3 is 2.50 bits per heavy atom. The lowest BCUT2D eigenvalue weighted by Crippen LogP contribution is -2.28. The lowest BCUT2D eigenvalue weighted by atomic mass is 10.1. The van der Waals surface area contributed by atoms with Gasteiger partial charge in [0.2, 0.25) is 0 Å². The van der Waals surface area contributed by atoms with Crippen LogP contribution in [0.25, 0.3) is 11.8 Å². The highest BCUT2D eigenvalue weighted by molar-refractivity contribution is 6.43. The lowest BCUT2D eigenvalue weighted by Gasteiger charge is -2.13. The summed E-state index contributed by atoms with van der Waals surface area (Å²) < 4.78 is 53.1. The predicted octanol–water partition coefficient (Wildman–Crippen LogP) is 4.02. The highest BCUT2D eigenvalue weighted by atomic mass is 35.5. The second-order valence-electron chi connectivity index (χ2n) is 5.02. The third-order valence-electron chi connectivity index (χ3n) is 3.31. The second-order valence-corrected chi connectivity index (χ2v) is 5.83. The minimum atomic E-state index is -4.79. The lowest BCUT2D eigenvalue weighted by molar-refractivity contribution is -0.138. The number of rotatable bonds is 3. The molecule has 26 heavy (non-hydrogen) atoms. The number of hydrogen-bond donors (Lipinski definition) is 1. The molecule has 11 heteroatoms. The number of benzene rings is 1. The summed E-state index contributed by atoms with van der Waals surface area (Å²) in [6, 6.07) is 1.71. The van der Waals surface area contributed by atoms with E-state index in [1.54, 1.807) is 0 Å². The van der Waals surface area contributed by atoms with Crippen LogP contribution in [0.1, 0.15) is 16.7 Å². The Kier molecular flexibility index (Phi) is 5.43. The number of halogens is 6. The van der Waals surface area contributed by atoms with Crippen molar-refractivity contribution in [2.24, 2.45) is 0 Å². The summed E-state index contributed by atoms with van der Waals surface area (Å²) in [6.07, 6.45) is -3.50. The van der Waals surface area contributed by atoms with Crippen LogP contribution in [0, 0.1) is 12.7 Å². The Labute approximate surface area is 153 Å². The van der Waals surface area contributed by atoms with Gasteiger partial charge in [0.25, 0.3) is 5.56 Å². The van der Waals surface area contributed by atoms with Gasteiger partial charge in [0.05, 0.1) is 16.8 Å². The van der Waals surface area contributed by atoms with Crippen molar-refractivity contribution < 1.29 is 27.5 Å². The zero-order valence-corrected chi connectivity index (χ0v) is 14.2. The maximum Gasteiger partial charge on any atom is 0.418 e. The largest absolute Gasteiger partial charge is 0.477 e. The van der Waals surface area contributed by atoms with Gasteiger partial charge in [-0.25, -0.2) is 9.18 Å². The maximum absolute atomic E-state index is 14.2. The first-order valence-corrected chi connectivity index (χ1v) is 7.45. The highest BCUT2D eigenvalue weighted by Crippen LogP contribution is 2.30. The number of nitrogens with zero attached hydrogens (tertiary/aromatic N) is 2. The Morgan fingerprint density at radius 2 is 1.96 bits per heavy atom. The monoisotopic (exact) mass is 410 g/mol. The van der Waals surface area contributed by atoms with Crippen LogP contribution in [0.15, 0.2) is 28.2 Å². The topological polar surface area (TPSA) is 72.2 Å². The molecule has 0 amide bonds. The van der Waals surface area contributed by atoms with Crippen molar-refractivity contribution in [2.45, 2.75) is 13.1 Å². The number of alkyl halides is 3. The van der Waals surface area contributed by atoms with Crippen LogP contribution in [-0.2, 0) is 11.0 Å². The molecule has 0 aliphatic heterocycles. The van der Waals surface area contributed by atoms with E-state index in [0.29, 0.717) is 10.9 Å². The van der Waals surface area contributed by atoms with Gasteiger partial charge in [-0.2, -0.15) is 23.0 Å². The fourth-order valence-corrected chi connectivity index (χ4v) is 2.34. The zero-order valence-electron chi connectivity index (χ0n) is 12.7. The van der Waals surface area contributed by atoms with Gasteiger partial charge in [0, 0.05) is 5.56 Å². The summed E-state index contributed by atoms with van der Waals surface area (Å²) in [5, 5.41) is 11.3. The molecule has 0 radical (unpaired) electrons. The molecule has 2 aromatic rings. The van der Waals surface area contributed by atoms with Gasteiger partial charge in [-0.15, -0.1) is 0 Å².